The SMILES string of the molecule is Cn1nc(C2CC3CC(=O)C(c4ccccc4)C3C2)c(C(=O)Nc2ccc(F)c(Cl)c2)c1N. The monoisotopic (exact) mass is 466 g/mol. The minimum Gasteiger partial charge on any atom is -0.383 e. The summed E-state index contributed by atoms with van der Waals surface area (Å²) in [6, 6.07) is 13.9. The summed E-state index contributed by atoms with van der Waals surface area (Å²) in [7, 11) is 1.70. The van der Waals surface area contributed by atoms with Crippen LogP contribution in [0.4, 0.5) is 15.9 Å². The number of hydrogen-bond acceptors (Lipinski definition) is 4. The number of carbonyl (C=O) groups is 2. The van der Waals surface area contributed by atoms with Gasteiger partial charge in [-0.15, -0.1) is 0 Å². The molecule has 1 aromatic heterocycles. The van der Waals surface area contributed by atoms with Crippen LogP contribution < -0.4 is 11.1 Å². The van der Waals surface area contributed by atoms with Crippen LogP contribution >= 0.6 is 11.6 Å². The van der Waals surface area contributed by atoms with E-state index >= 15 is 0 Å². The lowest BCUT2D eigenvalue weighted by Crippen LogP contribution is -2.17. The normalized spacial score (nSPS) is 24.2. The zero-order chi connectivity index (χ0) is 23.3. The fourth-order valence-electron chi connectivity index (χ4n) is 5.59. The molecule has 1 heterocycles. The molecule has 8 heteroatoms. The molecule has 33 heavy (non-hydrogen) atoms. The number of fused-ring (bicyclic) bond motifs is 1. The predicted octanol–water partition coefficient (Wildman–Crippen LogP) is 4.91. The van der Waals surface area contributed by atoms with E-state index in [-0.39, 0.29) is 34.5 Å². The highest BCUT2D eigenvalue weighted by Gasteiger charge is 2.49. The van der Waals surface area contributed by atoms with Crippen molar-refractivity contribution in [1.82, 2.24) is 9.78 Å². The number of hydrogen-bond donors (Lipinski definition) is 2. The second-order valence-corrected chi connectivity index (χ2v) is 9.41. The number of anilines is 2. The third-order valence-corrected chi connectivity index (χ3v) is 7.35. The van der Waals surface area contributed by atoms with Crippen molar-refractivity contribution in [1.29, 1.82) is 0 Å². The average Bonchev–Trinajstić information content (AvgIpc) is 3.41. The third-order valence-electron chi connectivity index (χ3n) is 7.06. The molecular formula is C25H24ClFN4O2. The zero-order valence-corrected chi connectivity index (χ0v) is 18.8. The number of rotatable bonds is 4. The number of nitrogens with one attached hydrogen (secondary N) is 1. The first-order chi connectivity index (χ1) is 15.8. The van der Waals surface area contributed by atoms with Crippen LogP contribution in [-0.4, -0.2) is 21.5 Å². The second-order valence-electron chi connectivity index (χ2n) is 9.00. The van der Waals surface area contributed by atoms with Crippen molar-refractivity contribution in [2.45, 2.75) is 31.1 Å². The molecule has 2 aliphatic carbocycles. The third kappa shape index (κ3) is 3.80. The number of nitrogens with two attached hydrogens (primary N) is 1. The van der Waals surface area contributed by atoms with Crippen molar-refractivity contribution in [3.63, 3.8) is 0 Å². The maximum atomic E-state index is 13.5. The first-order valence-electron chi connectivity index (χ1n) is 11.0. The van der Waals surface area contributed by atoms with Crippen molar-refractivity contribution in [3.8, 4) is 0 Å². The molecule has 0 saturated heterocycles. The zero-order valence-electron chi connectivity index (χ0n) is 18.1. The van der Waals surface area contributed by atoms with Crippen LogP contribution in [0.3, 0.4) is 0 Å². The number of benzene rings is 2. The number of aromatic nitrogens is 2. The number of carbonyl (C=O) groups excluding carboxylic acids is 2. The fourth-order valence-corrected chi connectivity index (χ4v) is 5.77. The summed E-state index contributed by atoms with van der Waals surface area (Å²) >= 11 is 5.85. The van der Waals surface area contributed by atoms with Crippen LogP contribution in [0.15, 0.2) is 48.5 Å². The molecule has 6 nitrogen and oxygen atoms in total. The van der Waals surface area contributed by atoms with E-state index in [0.717, 1.165) is 18.4 Å². The van der Waals surface area contributed by atoms with Gasteiger partial charge in [-0.25, -0.2) is 4.39 Å². The molecule has 2 aliphatic rings. The van der Waals surface area contributed by atoms with Gasteiger partial charge in [-0.05, 0) is 48.4 Å². The van der Waals surface area contributed by atoms with Crippen LogP contribution in [0.25, 0.3) is 0 Å². The second kappa shape index (κ2) is 8.30. The molecule has 3 aromatic rings. The number of nitrogens with zero attached hydrogens (tertiary/aromatic N) is 2. The van der Waals surface area contributed by atoms with Gasteiger partial charge in [0.15, 0.2) is 0 Å². The summed E-state index contributed by atoms with van der Waals surface area (Å²) in [5.74, 6) is -0.00367. The summed E-state index contributed by atoms with van der Waals surface area (Å²) in [5.41, 5.74) is 8.64. The van der Waals surface area contributed by atoms with E-state index in [9.17, 15) is 14.0 Å². The molecule has 2 fully saturated rings. The van der Waals surface area contributed by atoms with Crippen LogP contribution in [0.5, 0.6) is 0 Å². The molecule has 2 saturated carbocycles. The first kappa shape index (κ1) is 21.6. The number of ketones is 1. The Bertz CT molecular complexity index is 1240. The summed E-state index contributed by atoms with van der Waals surface area (Å²) in [4.78, 5) is 25.9. The summed E-state index contributed by atoms with van der Waals surface area (Å²) in [6.07, 6.45) is 2.12. The van der Waals surface area contributed by atoms with Gasteiger partial charge in [-0.2, -0.15) is 5.10 Å². The van der Waals surface area contributed by atoms with Gasteiger partial charge in [0.25, 0.3) is 5.91 Å². The van der Waals surface area contributed by atoms with E-state index in [1.165, 1.54) is 22.9 Å². The number of aryl methyl sites for hydroxylation is 1. The smallest absolute Gasteiger partial charge is 0.261 e. The number of Topliss-reactive ketones (excluding diaryl/α,β-unsaturated/α-hetero) is 1. The van der Waals surface area contributed by atoms with E-state index in [1.807, 2.05) is 30.3 Å². The Morgan fingerprint density at radius 1 is 1.21 bits per heavy atom. The van der Waals surface area contributed by atoms with E-state index in [4.69, 9.17) is 17.3 Å². The van der Waals surface area contributed by atoms with E-state index in [1.54, 1.807) is 7.05 Å². The van der Waals surface area contributed by atoms with E-state index in [0.29, 0.717) is 29.1 Å². The quantitative estimate of drug-likeness (QED) is 0.571. The molecule has 2 aromatic carbocycles. The van der Waals surface area contributed by atoms with Crippen LogP contribution in [0.1, 0.15) is 52.7 Å². The number of nitrogen functional groups attached to an aromatic ring is 1. The Morgan fingerprint density at radius 3 is 2.70 bits per heavy atom. The summed E-state index contributed by atoms with van der Waals surface area (Å²) in [5, 5.41) is 7.27. The van der Waals surface area contributed by atoms with Gasteiger partial charge in [0.05, 0.1) is 10.7 Å². The van der Waals surface area contributed by atoms with Gasteiger partial charge in [-0.3, -0.25) is 14.3 Å². The number of amides is 1. The molecule has 0 radical (unpaired) electrons. The molecule has 3 N–H and O–H groups in total. The van der Waals surface area contributed by atoms with Gasteiger partial charge < -0.3 is 11.1 Å². The first-order valence-corrected chi connectivity index (χ1v) is 11.4. The van der Waals surface area contributed by atoms with Crippen LogP contribution in [-0.2, 0) is 11.8 Å². The summed E-state index contributed by atoms with van der Waals surface area (Å²) < 4.78 is 15.0. The molecule has 4 unspecified atom stereocenters. The molecule has 0 spiro atoms. The van der Waals surface area contributed by atoms with E-state index < -0.39 is 11.7 Å². The largest absolute Gasteiger partial charge is 0.383 e. The van der Waals surface area contributed by atoms with Gasteiger partial charge in [0.2, 0.25) is 0 Å². The van der Waals surface area contributed by atoms with Gasteiger partial charge in [0, 0.05) is 31.0 Å². The fraction of sp³-hybridized carbons (Fsp3) is 0.320. The Kier molecular flexibility index (Phi) is 5.44. The van der Waals surface area contributed by atoms with E-state index in [2.05, 4.69) is 10.4 Å². The van der Waals surface area contributed by atoms with Gasteiger partial charge in [0.1, 0.15) is 23.0 Å². The Balaban J connectivity index is 1.42. The van der Waals surface area contributed by atoms with Crippen LogP contribution in [0, 0.1) is 17.7 Å². The lowest BCUT2D eigenvalue weighted by atomic mass is 9.85. The maximum Gasteiger partial charge on any atom is 0.261 e. The lowest BCUT2D eigenvalue weighted by Gasteiger charge is -2.18. The van der Waals surface area contributed by atoms with Gasteiger partial charge in [-0.1, -0.05) is 41.9 Å². The molecule has 0 bridgehead atoms. The topological polar surface area (TPSA) is 90.0 Å². The average molecular weight is 467 g/mol. The van der Waals surface area contributed by atoms with Crippen molar-refractivity contribution in [2.75, 3.05) is 11.1 Å². The molecule has 4 atom stereocenters. The maximum absolute atomic E-state index is 13.5. The number of halogens is 2. The lowest BCUT2D eigenvalue weighted by molar-refractivity contribution is -0.119. The van der Waals surface area contributed by atoms with Crippen LogP contribution in [0.2, 0.25) is 5.02 Å². The molecule has 0 aliphatic heterocycles. The Labute approximate surface area is 195 Å². The van der Waals surface area contributed by atoms with Crippen molar-refractivity contribution >= 4 is 34.8 Å². The summed E-state index contributed by atoms with van der Waals surface area (Å²) in [6.45, 7) is 0. The molecule has 5 rings (SSSR count). The Morgan fingerprint density at radius 2 is 1.97 bits per heavy atom. The minimum absolute atomic E-state index is 0.0281. The van der Waals surface area contributed by atoms with Gasteiger partial charge >= 0.3 is 0 Å². The molecular weight excluding hydrogens is 443 g/mol. The highest BCUT2D eigenvalue weighted by molar-refractivity contribution is 6.31. The van der Waals surface area contributed by atoms with Crippen molar-refractivity contribution in [3.05, 3.63) is 76.2 Å². The highest BCUT2D eigenvalue weighted by atomic mass is 35.5. The predicted molar refractivity (Wildman–Crippen MR) is 125 cm³/mol. The highest BCUT2D eigenvalue weighted by Crippen LogP contribution is 2.55. The van der Waals surface area contributed by atoms with Crippen molar-refractivity contribution < 1.29 is 14.0 Å². The van der Waals surface area contributed by atoms with Crippen molar-refractivity contribution in [2.24, 2.45) is 18.9 Å². The molecule has 170 valence electrons. The Hall–Kier alpha value is -3.19. The standard InChI is InChI=1S/C25H24ClFN4O2/c1-31-24(28)22(25(33)29-16-7-8-19(27)18(26)12-16)23(30-31)15-9-14-11-20(32)21(17(14)10-15)13-5-3-2-4-6-13/h2-8,12,14-15,17,21H,9-11,28H2,1H3,(H,29,33). The minimum atomic E-state index is -0.559. The molecule has 1 amide bonds.